The molecule has 2 aliphatic heterocycles. The number of amidine groups is 1. The molecule has 7 nitrogen and oxygen atoms in total. The highest BCUT2D eigenvalue weighted by Crippen LogP contribution is 2.38. The Hall–Kier alpha value is -2.32. The van der Waals surface area contributed by atoms with Gasteiger partial charge in [-0.2, -0.15) is 0 Å². The molecular weight excluding hydrogens is 666 g/mol. The molecule has 1 N–H and O–H groups in total. The molecule has 2 saturated heterocycles. The van der Waals surface area contributed by atoms with Crippen LogP contribution in [-0.4, -0.2) is 23.6 Å². The Labute approximate surface area is 293 Å². The fourth-order valence-electron chi connectivity index (χ4n) is 6.09. The number of nitrogens with one attached hydrogen (secondary N) is 1. The van der Waals surface area contributed by atoms with Crippen molar-refractivity contribution in [3.63, 3.8) is 0 Å². The minimum Gasteiger partial charge on any atom is -0.277 e. The van der Waals surface area contributed by atoms with Gasteiger partial charge in [0.15, 0.2) is 0 Å². The van der Waals surface area contributed by atoms with Gasteiger partial charge >= 0.3 is 0 Å². The third-order valence-corrected chi connectivity index (χ3v) is 9.72. The maximum Gasteiger partial charge on any atom is 0.253 e. The summed E-state index contributed by atoms with van der Waals surface area (Å²) in [6, 6.07) is 7.82. The number of hydrogen-bond acceptors (Lipinski definition) is 4. The van der Waals surface area contributed by atoms with Gasteiger partial charge in [0.2, 0.25) is 11.8 Å². The summed E-state index contributed by atoms with van der Waals surface area (Å²) in [4.78, 5) is 44.8. The summed E-state index contributed by atoms with van der Waals surface area (Å²) in [6.07, 6.45) is 18.7. The van der Waals surface area contributed by atoms with E-state index in [9.17, 15) is 14.4 Å². The molecule has 0 saturated carbocycles. The van der Waals surface area contributed by atoms with E-state index >= 15 is 0 Å². The number of carbonyl (C=O) groups excluding carboxylic acids is 3. The Morgan fingerprint density at radius 3 is 1.89 bits per heavy atom. The van der Waals surface area contributed by atoms with Crippen molar-refractivity contribution >= 4 is 87.0 Å². The van der Waals surface area contributed by atoms with Gasteiger partial charge in [-0.3, -0.25) is 24.7 Å². The van der Waals surface area contributed by atoms with Crippen LogP contribution in [-0.2, 0) is 14.4 Å². The Bertz CT molecular complexity index is 1390. The minimum atomic E-state index is -0.326. The number of rotatable bonds is 18. The molecule has 0 unspecified atom stereocenters. The second-order valence-electron chi connectivity index (χ2n) is 12.3. The zero-order valence-electron chi connectivity index (χ0n) is 26.6. The van der Waals surface area contributed by atoms with E-state index in [1.54, 1.807) is 18.2 Å². The molecule has 3 amide bonds. The van der Waals surface area contributed by atoms with Crippen LogP contribution in [0.1, 0.15) is 116 Å². The molecule has 2 aromatic rings. The predicted molar refractivity (Wildman–Crippen MR) is 191 cm³/mol. The summed E-state index contributed by atoms with van der Waals surface area (Å²) >= 11 is 25.1. The van der Waals surface area contributed by atoms with Crippen LogP contribution in [0.15, 0.2) is 35.3 Å². The topological polar surface area (TPSA) is 82.1 Å². The summed E-state index contributed by atoms with van der Waals surface area (Å²) in [7, 11) is 0. The number of benzene rings is 2. The number of halogens is 4. The van der Waals surface area contributed by atoms with E-state index in [1.165, 1.54) is 99.1 Å². The van der Waals surface area contributed by atoms with Crippen LogP contribution in [0.5, 0.6) is 0 Å². The first-order chi connectivity index (χ1) is 22.2. The highest BCUT2D eigenvalue weighted by Gasteiger charge is 2.39. The average molecular weight is 711 g/mol. The Morgan fingerprint density at radius 2 is 1.30 bits per heavy atom. The van der Waals surface area contributed by atoms with Gasteiger partial charge in [0.05, 0.1) is 32.9 Å². The Kier molecular flexibility index (Phi) is 14.5. The second-order valence-corrected chi connectivity index (χ2v) is 13.9. The molecule has 1 atom stereocenters. The first-order valence-electron chi connectivity index (χ1n) is 16.7. The van der Waals surface area contributed by atoms with Crippen LogP contribution >= 0.6 is 46.4 Å². The highest BCUT2D eigenvalue weighted by molar-refractivity contribution is 6.42. The van der Waals surface area contributed by atoms with Gasteiger partial charge in [-0.15, -0.1) is 0 Å². The van der Waals surface area contributed by atoms with E-state index in [0.29, 0.717) is 33.7 Å². The molecule has 0 bridgehead atoms. The van der Waals surface area contributed by atoms with Crippen molar-refractivity contribution in [1.82, 2.24) is 5.43 Å². The summed E-state index contributed by atoms with van der Waals surface area (Å²) in [5, 5.41) is 2.27. The van der Waals surface area contributed by atoms with Crippen molar-refractivity contribution in [2.24, 2.45) is 10.9 Å². The van der Waals surface area contributed by atoms with E-state index in [2.05, 4.69) is 17.3 Å². The first kappa shape index (κ1) is 36.5. The third-order valence-electron chi connectivity index (χ3n) is 8.60. The largest absolute Gasteiger partial charge is 0.277 e. The number of anilines is 2. The number of nitrogens with zero attached hydrogens (tertiary/aromatic N) is 3. The number of aliphatic imine (C=N–C) groups is 1. The van der Waals surface area contributed by atoms with Crippen molar-refractivity contribution in [2.45, 2.75) is 116 Å². The van der Waals surface area contributed by atoms with E-state index < -0.39 is 0 Å². The third kappa shape index (κ3) is 10.1. The van der Waals surface area contributed by atoms with Gasteiger partial charge in [-0.25, -0.2) is 10.0 Å². The van der Waals surface area contributed by atoms with Gasteiger partial charge in [-0.05, 0) is 36.8 Å². The van der Waals surface area contributed by atoms with Crippen LogP contribution in [0, 0.1) is 5.92 Å². The lowest BCUT2D eigenvalue weighted by atomic mass is 9.98. The quantitative estimate of drug-likeness (QED) is 0.123. The number of hydrazine groups is 1. The zero-order valence-corrected chi connectivity index (χ0v) is 29.6. The standard InChI is InChI=1S/C35H44Cl4N4O3/c1-2-3-4-5-6-7-8-9-10-11-12-13-14-15-16-24-19-32(44)42(35(24)46)26-17-18-27(37)30(22-26)40-31-23-33(45)43(41-31)34-28(38)20-25(36)21-29(34)39/h17-18,20-22,24H,2-16,19,23H2,1H3,(H,40,41)/t24-/m0/s1. The lowest BCUT2D eigenvalue weighted by Gasteiger charge is -2.19. The van der Waals surface area contributed by atoms with Crippen LogP contribution in [0.2, 0.25) is 20.1 Å². The SMILES string of the molecule is CCCCCCCCCCCCCCCC[C@H]1CC(=O)N(c2ccc(Cl)c(N=C3CC(=O)N(c4c(Cl)cc(Cl)cc4Cl)N3)c2)C1=O. The lowest BCUT2D eigenvalue weighted by molar-refractivity contribution is -0.122. The van der Waals surface area contributed by atoms with E-state index in [4.69, 9.17) is 46.4 Å². The molecule has 0 aromatic heterocycles. The second kappa shape index (κ2) is 18.3. The highest BCUT2D eigenvalue weighted by atomic mass is 35.5. The minimum absolute atomic E-state index is 0.0569. The van der Waals surface area contributed by atoms with Crippen LogP contribution in [0.25, 0.3) is 0 Å². The molecule has 0 radical (unpaired) electrons. The monoisotopic (exact) mass is 708 g/mol. The predicted octanol–water partition coefficient (Wildman–Crippen LogP) is 11.0. The fourth-order valence-corrected chi connectivity index (χ4v) is 7.24. The fraction of sp³-hybridized carbons (Fsp3) is 0.543. The van der Waals surface area contributed by atoms with Crippen molar-refractivity contribution < 1.29 is 14.4 Å². The molecule has 250 valence electrons. The van der Waals surface area contributed by atoms with E-state index in [-0.39, 0.29) is 52.2 Å². The van der Waals surface area contributed by atoms with Gasteiger partial charge < -0.3 is 0 Å². The summed E-state index contributed by atoms with van der Waals surface area (Å²) in [5.41, 5.74) is 3.92. The van der Waals surface area contributed by atoms with Gasteiger partial charge in [0.1, 0.15) is 11.5 Å². The normalized spacial score (nSPS) is 17.5. The molecule has 0 spiro atoms. The summed E-state index contributed by atoms with van der Waals surface area (Å²) < 4.78 is 0. The molecule has 0 aliphatic carbocycles. The van der Waals surface area contributed by atoms with Crippen molar-refractivity contribution in [2.75, 3.05) is 9.91 Å². The average Bonchev–Trinajstić information content (AvgIpc) is 3.50. The Morgan fingerprint density at radius 1 is 0.739 bits per heavy atom. The van der Waals surface area contributed by atoms with Gasteiger partial charge in [-0.1, -0.05) is 143 Å². The molecule has 11 heteroatoms. The lowest BCUT2D eigenvalue weighted by Crippen LogP contribution is -2.36. The van der Waals surface area contributed by atoms with E-state index in [1.807, 2.05) is 0 Å². The molecular formula is C35H44Cl4N4O3. The van der Waals surface area contributed by atoms with Crippen molar-refractivity contribution in [1.29, 1.82) is 0 Å². The number of unbranched alkanes of at least 4 members (excludes halogenated alkanes) is 13. The molecule has 2 heterocycles. The van der Waals surface area contributed by atoms with Crippen molar-refractivity contribution in [3.05, 3.63) is 50.4 Å². The number of imide groups is 1. The molecule has 46 heavy (non-hydrogen) atoms. The smallest absolute Gasteiger partial charge is 0.253 e. The molecule has 4 rings (SSSR count). The van der Waals surface area contributed by atoms with Crippen molar-refractivity contribution in [3.8, 4) is 0 Å². The maximum absolute atomic E-state index is 13.3. The molecule has 2 fully saturated rings. The van der Waals surface area contributed by atoms with Crippen LogP contribution < -0.4 is 15.3 Å². The molecule has 2 aromatic carbocycles. The van der Waals surface area contributed by atoms with Gasteiger partial charge in [0, 0.05) is 17.4 Å². The molecule has 2 aliphatic rings. The van der Waals surface area contributed by atoms with Crippen LogP contribution in [0.4, 0.5) is 17.1 Å². The summed E-state index contributed by atoms with van der Waals surface area (Å²) in [5.74, 6) is -0.747. The van der Waals surface area contributed by atoms with Gasteiger partial charge in [0.25, 0.3) is 5.91 Å². The maximum atomic E-state index is 13.3. The Balaban J connectivity index is 1.24. The summed E-state index contributed by atoms with van der Waals surface area (Å²) in [6.45, 7) is 2.26. The zero-order chi connectivity index (χ0) is 33.1. The number of carbonyl (C=O) groups is 3. The first-order valence-corrected chi connectivity index (χ1v) is 18.2. The van der Waals surface area contributed by atoms with E-state index in [0.717, 1.165) is 12.8 Å². The number of amides is 3. The number of hydrogen-bond donors (Lipinski definition) is 1. The van der Waals surface area contributed by atoms with Crippen LogP contribution in [0.3, 0.4) is 0 Å².